The van der Waals surface area contributed by atoms with Crippen molar-refractivity contribution >= 4 is 28.1 Å². The standard InChI is InChI=1S/C11H9ClN4OS/c1-17-9-4-7(2-3-14-9)6-15-11-16-10(12)8(5-13)18-11/h2-4H,6H2,1H3,(H,15,16). The smallest absolute Gasteiger partial charge is 0.213 e. The fourth-order valence-electron chi connectivity index (χ4n) is 1.30. The molecule has 0 aromatic carbocycles. The molecule has 0 saturated carbocycles. The number of anilines is 1. The van der Waals surface area contributed by atoms with Crippen LogP contribution in [-0.2, 0) is 6.54 Å². The number of hydrogen-bond donors (Lipinski definition) is 1. The van der Waals surface area contributed by atoms with Gasteiger partial charge in [-0.25, -0.2) is 9.97 Å². The molecule has 2 aromatic rings. The summed E-state index contributed by atoms with van der Waals surface area (Å²) in [5, 5.41) is 12.7. The van der Waals surface area contributed by atoms with Gasteiger partial charge in [0.25, 0.3) is 0 Å². The lowest BCUT2D eigenvalue weighted by atomic mass is 10.3. The monoisotopic (exact) mass is 280 g/mol. The largest absolute Gasteiger partial charge is 0.481 e. The molecule has 1 N–H and O–H groups in total. The number of methoxy groups -OCH3 is 1. The molecule has 0 aliphatic heterocycles. The molecule has 5 nitrogen and oxygen atoms in total. The van der Waals surface area contributed by atoms with Crippen LogP contribution in [0, 0.1) is 11.3 Å². The second-order valence-corrected chi connectivity index (χ2v) is 4.67. The van der Waals surface area contributed by atoms with Gasteiger partial charge in [0.1, 0.15) is 10.9 Å². The Morgan fingerprint density at radius 3 is 3.11 bits per heavy atom. The molecular formula is C11H9ClN4OS. The first-order chi connectivity index (χ1) is 8.72. The minimum absolute atomic E-state index is 0.234. The Morgan fingerprint density at radius 1 is 1.61 bits per heavy atom. The van der Waals surface area contributed by atoms with Crippen LogP contribution < -0.4 is 10.1 Å². The molecule has 2 rings (SSSR count). The van der Waals surface area contributed by atoms with Gasteiger partial charge in [0, 0.05) is 18.8 Å². The quantitative estimate of drug-likeness (QED) is 0.932. The van der Waals surface area contributed by atoms with Gasteiger partial charge in [-0.2, -0.15) is 5.26 Å². The number of thiazole rings is 1. The summed E-state index contributed by atoms with van der Waals surface area (Å²) < 4.78 is 5.03. The lowest BCUT2D eigenvalue weighted by molar-refractivity contribution is 0.397. The molecule has 0 fully saturated rings. The molecule has 0 unspecified atom stereocenters. The number of hydrogen-bond acceptors (Lipinski definition) is 6. The van der Waals surface area contributed by atoms with Crippen LogP contribution in [-0.4, -0.2) is 17.1 Å². The van der Waals surface area contributed by atoms with Crippen molar-refractivity contribution < 1.29 is 4.74 Å². The van der Waals surface area contributed by atoms with Crippen LogP contribution in [0.25, 0.3) is 0 Å². The van der Waals surface area contributed by atoms with Crippen molar-refractivity contribution in [1.82, 2.24) is 9.97 Å². The van der Waals surface area contributed by atoms with E-state index < -0.39 is 0 Å². The molecule has 0 saturated heterocycles. The van der Waals surface area contributed by atoms with Gasteiger partial charge in [0.05, 0.1) is 7.11 Å². The van der Waals surface area contributed by atoms with E-state index >= 15 is 0 Å². The van der Waals surface area contributed by atoms with Crippen LogP contribution in [0.5, 0.6) is 5.88 Å². The van der Waals surface area contributed by atoms with Gasteiger partial charge in [-0.1, -0.05) is 22.9 Å². The Morgan fingerprint density at radius 2 is 2.44 bits per heavy atom. The van der Waals surface area contributed by atoms with Crippen LogP contribution in [0.15, 0.2) is 18.3 Å². The lowest BCUT2D eigenvalue weighted by Gasteiger charge is -2.04. The zero-order chi connectivity index (χ0) is 13.0. The van der Waals surface area contributed by atoms with E-state index in [1.165, 1.54) is 11.3 Å². The van der Waals surface area contributed by atoms with Crippen LogP contribution >= 0.6 is 22.9 Å². The first-order valence-electron chi connectivity index (χ1n) is 5.02. The maximum atomic E-state index is 8.77. The fraction of sp³-hybridized carbons (Fsp3) is 0.182. The van der Waals surface area contributed by atoms with E-state index in [9.17, 15) is 0 Å². The molecule has 0 aliphatic rings. The van der Waals surface area contributed by atoms with Crippen molar-refractivity contribution in [1.29, 1.82) is 5.26 Å². The number of ether oxygens (including phenoxy) is 1. The second-order valence-electron chi connectivity index (χ2n) is 3.31. The fourth-order valence-corrected chi connectivity index (χ4v) is 2.24. The Hall–Kier alpha value is -1.84. The number of pyridine rings is 1. The molecule has 0 spiro atoms. The maximum absolute atomic E-state index is 8.77. The summed E-state index contributed by atoms with van der Waals surface area (Å²) in [7, 11) is 1.57. The molecule has 7 heteroatoms. The first-order valence-corrected chi connectivity index (χ1v) is 6.21. The summed E-state index contributed by atoms with van der Waals surface area (Å²) in [6.45, 7) is 0.563. The molecule has 0 amide bonds. The topological polar surface area (TPSA) is 70.8 Å². The predicted molar refractivity (Wildman–Crippen MR) is 70.0 cm³/mol. The van der Waals surface area contributed by atoms with E-state index in [1.54, 1.807) is 13.3 Å². The van der Waals surface area contributed by atoms with Crippen LogP contribution in [0.1, 0.15) is 10.4 Å². The molecule has 92 valence electrons. The SMILES string of the molecule is COc1cc(CNc2nc(Cl)c(C#N)s2)ccn1. The highest BCUT2D eigenvalue weighted by molar-refractivity contribution is 7.16. The number of nitrogens with zero attached hydrogens (tertiary/aromatic N) is 3. The van der Waals surface area contributed by atoms with Gasteiger partial charge in [0.2, 0.25) is 5.88 Å². The van der Waals surface area contributed by atoms with E-state index in [0.717, 1.165) is 5.56 Å². The van der Waals surface area contributed by atoms with E-state index in [2.05, 4.69) is 15.3 Å². The molecule has 0 radical (unpaired) electrons. The average molecular weight is 281 g/mol. The number of aromatic nitrogens is 2. The normalized spacial score (nSPS) is 9.83. The summed E-state index contributed by atoms with van der Waals surface area (Å²) in [6.07, 6.45) is 1.67. The first kappa shape index (κ1) is 12.6. The zero-order valence-electron chi connectivity index (χ0n) is 9.48. The van der Waals surface area contributed by atoms with Crippen molar-refractivity contribution in [2.45, 2.75) is 6.54 Å². The summed E-state index contributed by atoms with van der Waals surface area (Å²) in [5.74, 6) is 0.559. The van der Waals surface area contributed by atoms with Gasteiger partial charge in [-0.05, 0) is 11.6 Å². The highest BCUT2D eigenvalue weighted by Gasteiger charge is 2.08. The minimum atomic E-state index is 0.234. The van der Waals surface area contributed by atoms with Crippen LogP contribution in [0.2, 0.25) is 5.15 Å². The van der Waals surface area contributed by atoms with Crippen molar-refractivity contribution in [2.75, 3.05) is 12.4 Å². The number of nitriles is 1. The number of rotatable bonds is 4. The Labute approximate surface area is 113 Å². The van der Waals surface area contributed by atoms with Crippen LogP contribution in [0.3, 0.4) is 0 Å². The third-order valence-electron chi connectivity index (χ3n) is 2.14. The van der Waals surface area contributed by atoms with Gasteiger partial charge in [0.15, 0.2) is 10.3 Å². The minimum Gasteiger partial charge on any atom is -0.481 e. The molecule has 0 aliphatic carbocycles. The molecular weight excluding hydrogens is 272 g/mol. The molecule has 2 heterocycles. The van der Waals surface area contributed by atoms with Gasteiger partial charge < -0.3 is 10.1 Å². The summed E-state index contributed by atoms with van der Waals surface area (Å²) in [6, 6.07) is 5.68. The van der Waals surface area contributed by atoms with Gasteiger partial charge >= 0.3 is 0 Å². The Balaban J connectivity index is 2.04. The summed E-state index contributed by atoms with van der Waals surface area (Å²) >= 11 is 7.01. The second kappa shape index (κ2) is 5.67. The Kier molecular flexibility index (Phi) is 3.97. The van der Waals surface area contributed by atoms with Gasteiger partial charge in [-0.3, -0.25) is 0 Å². The number of nitrogens with one attached hydrogen (secondary N) is 1. The van der Waals surface area contributed by atoms with Crippen molar-refractivity contribution in [2.24, 2.45) is 0 Å². The third-order valence-corrected chi connectivity index (χ3v) is 3.44. The van der Waals surface area contributed by atoms with E-state index in [0.29, 0.717) is 22.4 Å². The zero-order valence-corrected chi connectivity index (χ0v) is 11.0. The number of halogens is 1. The molecule has 0 atom stereocenters. The average Bonchev–Trinajstić information content (AvgIpc) is 2.77. The predicted octanol–water partition coefficient (Wildman–Crippen LogP) is 2.68. The highest BCUT2D eigenvalue weighted by Crippen LogP contribution is 2.26. The summed E-state index contributed by atoms with van der Waals surface area (Å²) in [5.41, 5.74) is 1.01. The lowest BCUT2D eigenvalue weighted by Crippen LogP contribution is -1.99. The van der Waals surface area contributed by atoms with Gasteiger partial charge in [-0.15, -0.1) is 0 Å². The van der Waals surface area contributed by atoms with E-state index in [1.807, 2.05) is 18.2 Å². The van der Waals surface area contributed by atoms with Crippen molar-refractivity contribution in [3.63, 3.8) is 0 Å². The third kappa shape index (κ3) is 2.88. The Bertz CT molecular complexity index is 593. The molecule has 0 bridgehead atoms. The maximum Gasteiger partial charge on any atom is 0.213 e. The molecule has 18 heavy (non-hydrogen) atoms. The van der Waals surface area contributed by atoms with Crippen molar-refractivity contribution in [3.05, 3.63) is 33.9 Å². The molecule has 2 aromatic heterocycles. The van der Waals surface area contributed by atoms with E-state index in [4.69, 9.17) is 21.6 Å². The van der Waals surface area contributed by atoms with Crippen molar-refractivity contribution in [3.8, 4) is 11.9 Å². The highest BCUT2D eigenvalue weighted by atomic mass is 35.5. The van der Waals surface area contributed by atoms with Crippen LogP contribution in [0.4, 0.5) is 5.13 Å². The summed E-state index contributed by atoms with van der Waals surface area (Å²) in [4.78, 5) is 8.47. The van der Waals surface area contributed by atoms with E-state index in [-0.39, 0.29) is 5.15 Å².